The van der Waals surface area contributed by atoms with Gasteiger partial charge in [-0.25, -0.2) is 0 Å². The minimum Gasteiger partial charge on any atom is -0.364 e. The van der Waals surface area contributed by atoms with Crippen LogP contribution >= 0.6 is 24.0 Å². The average molecular weight is 467 g/mol. The Kier molecular flexibility index (Phi) is 6.53. The summed E-state index contributed by atoms with van der Waals surface area (Å²) in [6, 6.07) is 10.7. The van der Waals surface area contributed by atoms with Crippen molar-refractivity contribution in [2.75, 3.05) is 39.8 Å². The van der Waals surface area contributed by atoms with Crippen molar-refractivity contribution >= 4 is 29.9 Å². The van der Waals surface area contributed by atoms with Gasteiger partial charge in [0.2, 0.25) is 0 Å². The summed E-state index contributed by atoms with van der Waals surface area (Å²) in [5.74, 6) is 1.63. The normalized spacial score (nSPS) is 20.1. The van der Waals surface area contributed by atoms with Crippen LogP contribution in [0, 0.1) is 0 Å². The maximum atomic E-state index is 4.91. The Morgan fingerprint density at radius 2 is 2.04 bits per heavy atom. The van der Waals surface area contributed by atoms with Gasteiger partial charge in [-0.2, -0.15) is 0 Å². The maximum absolute atomic E-state index is 4.91. The molecular weight excluding hydrogens is 441 g/mol. The summed E-state index contributed by atoms with van der Waals surface area (Å²) in [6.45, 7) is 5.81. The zero-order valence-electron chi connectivity index (χ0n) is 15.1. The van der Waals surface area contributed by atoms with Crippen molar-refractivity contribution in [2.45, 2.75) is 18.9 Å². The fourth-order valence-electron chi connectivity index (χ4n) is 3.76. The Labute approximate surface area is 171 Å². The Morgan fingerprint density at radius 3 is 2.73 bits per heavy atom. The van der Waals surface area contributed by atoms with E-state index >= 15 is 0 Å². The topological polar surface area (TPSA) is 56.9 Å². The van der Waals surface area contributed by atoms with E-state index in [4.69, 9.17) is 4.52 Å². The highest BCUT2D eigenvalue weighted by molar-refractivity contribution is 14.0. The highest BCUT2D eigenvalue weighted by Gasteiger charge is 2.26. The van der Waals surface area contributed by atoms with Gasteiger partial charge >= 0.3 is 0 Å². The second-order valence-electron chi connectivity index (χ2n) is 6.78. The summed E-state index contributed by atoms with van der Waals surface area (Å²) in [4.78, 5) is 9.24. The van der Waals surface area contributed by atoms with Gasteiger partial charge in [-0.05, 0) is 17.5 Å². The number of nitrogens with zero attached hydrogens (tertiary/aromatic N) is 4. The predicted octanol–water partition coefficient (Wildman–Crippen LogP) is 2.33. The van der Waals surface area contributed by atoms with Gasteiger partial charge in [0.25, 0.3) is 0 Å². The zero-order valence-corrected chi connectivity index (χ0v) is 17.4. The molecule has 0 amide bonds. The van der Waals surface area contributed by atoms with Crippen LogP contribution in [0.4, 0.5) is 0 Å². The predicted molar refractivity (Wildman–Crippen MR) is 113 cm³/mol. The van der Waals surface area contributed by atoms with Crippen LogP contribution in [0.5, 0.6) is 0 Å². The minimum atomic E-state index is 0. The summed E-state index contributed by atoms with van der Waals surface area (Å²) in [5, 5.41) is 7.57. The van der Waals surface area contributed by atoms with E-state index in [0.717, 1.165) is 50.9 Å². The number of benzene rings is 1. The molecule has 1 aromatic carbocycles. The lowest BCUT2D eigenvalue weighted by Gasteiger charge is -2.37. The molecule has 0 radical (unpaired) electrons. The van der Waals surface area contributed by atoms with E-state index in [2.05, 4.69) is 49.5 Å². The van der Waals surface area contributed by atoms with Gasteiger partial charge in [-0.1, -0.05) is 29.4 Å². The summed E-state index contributed by atoms with van der Waals surface area (Å²) in [7, 11) is 1.87. The lowest BCUT2D eigenvalue weighted by Crippen LogP contribution is -2.53. The molecule has 1 atom stereocenters. The number of halogens is 1. The van der Waals surface area contributed by atoms with Gasteiger partial charge in [-0.15, -0.1) is 24.0 Å². The Hall–Kier alpha value is -1.61. The first kappa shape index (κ1) is 19.2. The fraction of sp³-hybridized carbons (Fsp3) is 0.474. The first-order valence-electron chi connectivity index (χ1n) is 8.98. The second-order valence-corrected chi connectivity index (χ2v) is 6.78. The highest BCUT2D eigenvalue weighted by Crippen LogP contribution is 2.34. The maximum Gasteiger partial charge on any atom is 0.193 e. The number of rotatable bonds is 4. The quantitative estimate of drug-likeness (QED) is 0.425. The van der Waals surface area contributed by atoms with Gasteiger partial charge in [-0.3, -0.25) is 9.89 Å². The Balaban J connectivity index is 0.00000196. The van der Waals surface area contributed by atoms with E-state index in [9.17, 15) is 0 Å². The molecule has 1 aliphatic heterocycles. The third-order valence-electron chi connectivity index (χ3n) is 5.23. The van der Waals surface area contributed by atoms with Crippen LogP contribution in [-0.2, 0) is 13.0 Å². The highest BCUT2D eigenvalue weighted by atomic mass is 127. The lowest BCUT2D eigenvalue weighted by atomic mass is 9.78. The molecule has 1 unspecified atom stereocenters. The van der Waals surface area contributed by atoms with Crippen molar-refractivity contribution in [3.63, 3.8) is 0 Å². The second kappa shape index (κ2) is 8.85. The van der Waals surface area contributed by atoms with E-state index in [1.807, 2.05) is 13.1 Å². The number of aromatic nitrogens is 1. The van der Waals surface area contributed by atoms with Gasteiger partial charge < -0.3 is 14.7 Å². The lowest BCUT2D eigenvalue weighted by molar-refractivity contribution is 0.169. The molecule has 1 N–H and O–H groups in total. The number of guanidine groups is 1. The van der Waals surface area contributed by atoms with Crippen molar-refractivity contribution in [1.82, 2.24) is 20.3 Å². The molecule has 2 aliphatic rings. The van der Waals surface area contributed by atoms with Crippen molar-refractivity contribution < 1.29 is 4.52 Å². The van der Waals surface area contributed by atoms with Gasteiger partial charge in [0.1, 0.15) is 6.26 Å². The smallest absolute Gasteiger partial charge is 0.193 e. The first-order valence-corrected chi connectivity index (χ1v) is 8.98. The molecule has 1 fully saturated rings. The molecule has 1 aromatic heterocycles. The summed E-state index contributed by atoms with van der Waals surface area (Å²) in [5.41, 5.74) is 3.98. The van der Waals surface area contributed by atoms with Gasteiger partial charge in [0.15, 0.2) is 5.96 Å². The fourth-order valence-corrected chi connectivity index (χ4v) is 3.76. The van der Waals surface area contributed by atoms with Gasteiger partial charge in [0.05, 0.1) is 5.69 Å². The van der Waals surface area contributed by atoms with E-state index in [1.165, 1.54) is 17.5 Å². The Bertz CT molecular complexity index is 725. The standard InChI is InChI=1S/C19H25N5O.HI/c1-20-19(21-13-16-12-15-4-2-3-5-18(15)16)24-9-7-23(8-10-24)14-17-6-11-25-22-17;/h2-6,11,16H,7-10,12-14H2,1H3,(H,20,21);1H. The third kappa shape index (κ3) is 4.20. The number of piperazine rings is 1. The SMILES string of the molecule is CN=C(NCC1Cc2ccccc21)N1CCN(Cc2ccon2)CC1.I. The molecule has 1 saturated heterocycles. The van der Waals surface area contributed by atoms with Crippen LogP contribution in [0.3, 0.4) is 0 Å². The largest absolute Gasteiger partial charge is 0.364 e. The number of hydrogen-bond acceptors (Lipinski definition) is 4. The zero-order chi connectivity index (χ0) is 17.1. The van der Waals surface area contributed by atoms with E-state index < -0.39 is 0 Å². The van der Waals surface area contributed by atoms with Crippen LogP contribution in [0.25, 0.3) is 0 Å². The molecule has 2 heterocycles. The summed E-state index contributed by atoms with van der Waals surface area (Å²) in [6.07, 6.45) is 2.81. The molecule has 2 aromatic rings. The third-order valence-corrected chi connectivity index (χ3v) is 5.23. The van der Waals surface area contributed by atoms with Crippen LogP contribution in [0.2, 0.25) is 0 Å². The van der Waals surface area contributed by atoms with Crippen LogP contribution in [0.1, 0.15) is 22.7 Å². The number of fused-ring (bicyclic) bond motifs is 1. The number of nitrogens with one attached hydrogen (secondary N) is 1. The summed E-state index contributed by atoms with van der Waals surface area (Å²) >= 11 is 0. The molecule has 4 rings (SSSR count). The minimum absolute atomic E-state index is 0. The van der Waals surface area contributed by atoms with E-state index in [1.54, 1.807) is 6.26 Å². The first-order chi connectivity index (χ1) is 12.3. The van der Waals surface area contributed by atoms with Crippen molar-refractivity contribution in [3.05, 3.63) is 53.4 Å². The molecule has 7 heteroatoms. The van der Waals surface area contributed by atoms with Crippen LogP contribution in [0.15, 0.2) is 46.1 Å². The van der Waals surface area contributed by atoms with Crippen LogP contribution < -0.4 is 5.32 Å². The van der Waals surface area contributed by atoms with Crippen molar-refractivity contribution in [3.8, 4) is 0 Å². The molecule has 6 nitrogen and oxygen atoms in total. The Morgan fingerprint density at radius 1 is 1.23 bits per heavy atom. The van der Waals surface area contributed by atoms with Crippen molar-refractivity contribution in [1.29, 1.82) is 0 Å². The van der Waals surface area contributed by atoms with Crippen LogP contribution in [-0.4, -0.2) is 60.7 Å². The molecular formula is C19H26IN5O. The number of aliphatic imine (C=N–C) groups is 1. The molecule has 0 bridgehead atoms. The average Bonchev–Trinajstić information content (AvgIpc) is 3.13. The van der Waals surface area contributed by atoms with E-state index in [-0.39, 0.29) is 24.0 Å². The molecule has 0 spiro atoms. The molecule has 26 heavy (non-hydrogen) atoms. The molecule has 140 valence electrons. The molecule has 1 aliphatic carbocycles. The molecule has 0 saturated carbocycles. The number of hydrogen-bond donors (Lipinski definition) is 1. The summed E-state index contributed by atoms with van der Waals surface area (Å²) < 4.78 is 4.91. The monoisotopic (exact) mass is 467 g/mol. The van der Waals surface area contributed by atoms with Crippen molar-refractivity contribution in [2.24, 2.45) is 4.99 Å². The van der Waals surface area contributed by atoms with Gasteiger partial charge in [0, 0.05) is 58.3 Å². The van der Waals surface area contributed by atoms with E-state index in [0.29, 0.717) is 5.92 Å².